The summed E-state index contributed by atoms with van der Waals surface area (Å²) in [5.74, 6) is -1.18. The number of halogens is 3. The van der Waals surface area contributed by atoms with E-state index in [4.69, 9.17) is 10.00 Å². The summed E-state index contributed by atoms with van der Waals surface area (Å²) >= 11 is 0. The molecular formula is C25H26F3N3O5. The monoisotopic (exact) mass is 505 g/mol. The molecule has 0 aromatic heterocycles. The molecule has 0 radical (unpaired) electrons. The lowest BCUT2D eigenvalue weighted by atomic mass is 9.49. The fraction of sp³-hybridized carbons (Fsp3) is 0.440. The van der Waals surface area contributed by atoms with Crippen LogP contribution < -0.4 is 10.1 Å². The number of carboxylic acid groups (broad SMARTS) is 1. The van der Waals surface area contributed by atoms with Crippen molar-refractivity contribution >= 4 is 11.7 Å². The van der Waals surface area contributed by atoms with E-state index >= 15 is 0 Å². The summed E-state index contributed by atoms with van der Waals surface area (Å²) in [4.78, 5) is 22.1. The van der Waals surface area contributed by atoms with Gasteiger partial charge < -0.3 is 15.2 Å². The molecule has 0 spiro atoms. The van der Waals surface area contributed by atoms with Crippen LogP contribution in [0.4, 0.5) is 18.9 Å². The highest BCUT2D eigenvalue weighted by molar-refractivity contribution is 5.89. The molecule has 3 rings (SSSR count). The van der Waals surface area contributed by atoms with E-state index in [0.29, 0.717) is 0 Å². The summed E-state index contributed by atoms with van der Waals surface area (Å²) in [6.45, 7) is 7.54. The Bertz CT molecular complexity index is 1220. The van der Waals surface area contributed by atoms with Crippen molar-refractivity contribution in [1.82, 2.24) is 5.32 Å². The van der Waals surface area contributed by atoms with Crippen molar-refractivity contribution in [3.63, 3.8) is 0 Å². The fourth-order valence-electron chi connectivity index (χ4n) is 5.48. The molecule has 1 aliphatic carbocycles. The molecule has 0 amide bonds. The number of benzene rings is 2. The number of non-ortho nitro benzene ring substituents is 1. The molecule has 0 saturated heterocycles. The van der Waals surface area contributed by atoms with Gasteiger partial charge in [-0.1, -0.05) is 33.8 Å². The topological polar surface area (TPSA) is 125 Å². The minimum atomic E-state index is -4.64. The number of nitrogens with zero attached hydrogens (tertiary/aromatic N) is 2. The van der Waals surface area contributed by atoms with Crippen LogP contribution in [0.1, 0.15) is 54.7 Å². The third-order valence-corrected chi connectivity index (χ3v) is 6.78. The number of rotatable bonds is 8. The zero-order valence-corrected chi connectivity index (χ0v) is 20.1. The van der Waals surface area contributed by atoms with Gasteiger partial charge >= 0.3 is 12.1 Å². The Kier molecular flexibility index (Phi) is 7.06. The van der Waals surface area contributed by atoms with E-state index in [0.717, 1.165) is 12.1 Å². The zero-order valence-electron chi connectivity index (χ0n) is 20.1. The molecule has 0 aliphatic heterocycles. The molecule has 0 unspecified atom stereocenters. The second-order valence-corrected chi connectivity index (χ2v) is 10.0. The maximum atomic E-state index is 13.5. The summed E-state index contributed by atoms with van der Waals surface area (Å²) in [7, 11) is 0. The average Bonchev–Trinajstić information content (AvgIpc) is 2.76. The smallest absolute Gasteiger partial charge is 0.416 e. The minimum absolute atomic E-state index is 0.0282. The Morgan fingerprint density at radius 3 is 2.33 bits per heavy atom. The van der Waals surface area contributed by atoms with Crippen molar-refractivity contribution < 1.29 is 32.7 Å². The van der Waals surface area contributed by atoms with Gasteiger partial charge in [-0.05, 0) is 29.3 Å². The molecule has 1 aliphatic rings. The molecule has 2 aromatic rings. The van der Waals surface area contributed by atoms with Crippen LogP contribution in [0.3, 0.4) is 0 Å². The Morgan fingerprint density at radius 2 is 1.81 bits per heavy atom. The number of carboxylic acids is 1. The number of nitro groups is 1. The summed E-state index contributed by atoms with van der Waals surface area (Å²) < 4.78 is 46.6. The average molecular weight is 505 g/mol. The first kappa shape index (κ1) is 26.9. The van der Waals surface area contributed by atoms with Gasteiger partial charge in [0.1, 0.15) is 11.9 Å². The number of nitrogens with one attached hydrogen (secondary N) is 1. The predicted octanol–water partition coefficient (Wildman–Crippen LogP) is 5.35. The highest BCUT2D eigenvalue weighted by atomic mass is 19.4. The van der Waals surface area contributed by atoms with Crippen molar-refractivity contribution in [2.75, 3.05) is 0 Å². The lowest BCUT2D eigenvalue weighted by molar-refractivity contribution is -0.384. The molecule has 8 nitrogen and oxygen atoms in total. The van der Waals surface area contributed by atoms with Gasteiger partial charge in [-0.25, -0.2) is 4.79 Å². The second kappa shape index (κ2) is 9.43. The molecule has 0 heterocycles. The van der Waals surface area contributed by atoms with Gasteiger partial charge in [0.25, 0.3) is 5.69 Å². The number of nitro benzene ring substituents is 1. The van der Waals surface area contributed by atoms with Crippen molar-refractivity contribution in [3.8, 4) is 11.8 Å². The molecule has 36 heavy (non-hydrogen) atoms. The molecule has 0 atom stereocenters. The third kappa shape index (κ3) is 4.99. The lowest BCUT2D eigenvalue weighted by Crippen LogP contribution is -2.74. The molecule has 0 bridgehead atoms. The molecule has 1 saturated carbocycles. The molecular weight excluding hydrogens is 479 g/mol. The molecule has 11 heteroatoms. The van der Waals surface area contributed by atoms with Gasteiger partial charge in [-0.2, -0.15) is 18.4 Å². The van der Waals surface area contributed by atoms with Crippen LogP contribution in [0.15, 0.2) is 36.4 Å². The fourth-order valence-corrected chi connectivity index (χ4v) is 5.48. The maximum Gasteiger partial charge on any atom is 0.416 e. The number of ether oxygens (including phenoxy) is 1. The Balaban J connectivity index is 1.82. The summed E-state index contributed by atoms with van der Waals surface area (Å²) in [6, 6.07) is 8.57. The van der Waals surface area contributed by atoms with Crippen LogP contribution in [0, 0.1) is 32.3 Å². The van der Waals surface area contributed by atoms with Crippen molar-refractivity contribution in [2.24, 2.45) is 10.8 Å². The van der Waals surface area contributed by atoms with Gasteiger partial charge in [0, 0.05) is 35.5 Å². The highest BCUT2D eigenvalue weighted by Gasteiger charge is 2.63. The minimum Gasteiger partial charge on any atom is -0.489 e. The van der Waals surface area contributed by atoms with Crippen molar-refractivity contribution in [2.45, 2.75) is 59.0 Å². The number of hydrogen-bond acceptors (Lipinski definition) is 6. The normalized spacial score (nSPS) is 20.2. The second-order valence-electron chi connectivity index (χ2n) is 10.0. The molecule has 1 fully saturated rings. The van der Waals surface area contributed by atoms with Crippen LogP contribution in [0.2, 0.25) is 0 Å². The number of carbonyl (C=O) groups is 1. The largest absolute Gasteiger partial charge is 0.489 e. The van der Waals surface area contributed by atoms with Gasteiger partial charge in [0.2, 0.25) is 0 Å². The van der Waals surface area contributed by atoms with E-state index in [1.807, 2.05) is 27.7 Å². The number of alkyl halides is 3. The lowest BCUT2D eigenvalue weighted by Gasteiger charge is -2.63. The number of nitriles is 1. The van der Waals surface area contributed by atoms with Crippen LogP contribution in [-0.4, -0.2) is 28.1 Å². The molecule has 2 aromatic carbocycles. The molecule has 2 N–H and O–H groups in total. The first-order valence-corrected chi connectivity index (χ1v) is 11.1. The Hall–Kier alpha value is -3.65. The Morgan fingerprint density at radius 1 is 1.17 bits per heavy atom. The van der Waals surface area contributed by atoms with E-state index in [2.05, 4.69) is 5.32 Å². The summed E-state index contributed by atoms with van der Waals surface area (Å²) in [6.07, 6.45) is -5.52. The van der Waals surface area contributed by atoms with Crippen LogP contribution in [0.25, 0.3) is 0 Å². The van der Waals surface area contributed by atoms with Gasteiger partial charge in [-0.3, -0.25) is 10.1 Å². The number of aromatic carboxylic acids is 1. The van der Waals surface area contributed by atoms with Crippen LogP contribution in [0.5, 0.6) is 5.75 Å². The predicted molar refractivity (Wildman–Crippen MR) is 123 cm³/mol. The van der Waals surface area contributed by atoms with Crippen LogP contribution >= 0.6 is 0 Å². The van der Waals surface area contributed by atoms with E-state index in [1.165, 1.54) is 24.3 Å². The summed E-state index contributed by atoms with van der Waals surface area (Å²) in [5.41, 5.74) is -2.27. The number of hydrogen-bond donors (Lipinski definition) is 2. The van der Waals surface area contributed by atoms with Gasteiger partial charge in [-0.15, -0.1) is 0 Å². The van der Waals surface area contributed by atoms with E-state index < -0.39 is 39.6 Å². The first-order valence-electron chi connectivity index (χ1n) is 11.1. The molecule has 192 valence electrons. The third-order valence-electron chi connectivity index (χ3n) is 6.78. The Labute approximate surface area is 205 Å². The maximum absolute atomic E-state index is 13.5. The van der Waals surface area contributed by atoms with E-state index in [-0.39, 0.29) is 47.1 Å². The van der Waals surface area contributed by atoms with Gasteiger partial charge in [0.05, 0.1) is 28.5 Å². The van der Waals surface area contributed by atoms with E-state index in [1.54, 1.807) is 6.07 Å². The van der Waals surface area contributed by atoms with Gasteiger partial charge in [0.15, 0.2) is 0 Å². The first-order chi connectivity index (χ1) is 16.6. The summed E-state index contributed by atoms with van der Waals surface area (Å²) in [5, 5.41) is 32.7. The highest BCUT2D eigenvalue weighted by Crippen LogP contribution is 2.55. The van der Waals surface area contributed by atoms with Crippen LogP contribution in [-0.2, 0) is 19.1 Å². The SMILES string of the molecule is CC1(C)[C@H](NCc2cc([N+](=O)[O-])ccc2C(=O)O)C(C)(C)[C@H]1Oc1ccc(CC#N)c(C(F)(F)F)c1. The quantitative estimate of drug-likeness (QED) is 0.366. The zero-order chi connectivity index (χ0) is 27.1. The van der Waals surface area contributed by atoms with E-state index in [9.17, 15) is 33.2 Å². The van der Waals surface area contributed by atoms with Crippen molar-refractivity contribution in [1.29, 1.82) is 5.26 Å². The standard InChI is InChI=1S/C25H26F3N3O5/c1-23(2)21(30-13-15-11-16(31(34)35)6-8-18(15)20(32)33)24(3,4)22(23)36-17-7-5-14(9-10-29)19(12-17)25(26,27)28/h5-8,11-12,21-22,30H,9,13H2,1-4H3,(H,32,33)/t21-,22-. The van der Waals surface area contributed by atoms with Crippen molar-refractivity contribution in [3.05, 3.63) is 68.8 Å².